The number of para-hydroxylation sites is 1. The summed E-state index contributed by atoms with van der Waals surface area (Å²) in [6.07, 6.45) is 0. The number of hydrogen-bond acceptors (Lipinski definition) is 6. The van der Waals surface area contributed by atoms with Crippen LogP contribution in [-0.2, 0) is 0 Å². The summed E-state index contributed by atoms with van der Waals surface area (Å²) in [5.74, 6) is 0.574. The Balaban J connectivity index is 1.67. The van der Waals surface area contributed by atoms with Crippen molar-refractivity contribution in [2.24, 2.45) is 0 Å². The van der Waals surface area contributed by atoms with Gasteiger partial charge in [-0.3, -0.25) is 4.79 Å². The largest absolute Gasteiger partial charge is 0.421 e. The molecule has 0 aliphatic carbocycles. The number of nitrogens with one attached hydrogen (secondary N) is 1. The van der Waals surface area contributed by atoms with Gasteiger partial charge >= 0.3 is 0 Å². The van der Waals surface area contributed by atoms with E-state index in [4.69, 9.17) is 4.42 Å². The molecule has 0 spiro atoms. The zero-order chi connectivity index (χ0) is 19.0. The molecule has 1 N–H and O–H groups in total. The number of aryl methyl sites for hydroxylation is 3. The third-order valence-electron chi connectivity index (χ3n) is 4.27. The number of rotatable bonds is 3. The van der Waals surface area contributed by atoms with Crippen molar-refractivity contribution in [2.45, 2.75) is 20.8 Å². The van der Waals surface area contributed by atoms with Crippen molar-refractivity contribution in [3.63, 3.8) is 0 Å². The highest BCUT2D eigenvalue weighted by molar-refractivity contribution is 6.07. The molecule has 0 radical (unpaired) electrons. The molecule has 1 amide bonds. The molecule has 0 saturated carbocycles. The van der Waals surface area contributed by atoms with Gasteiger partial charge in [-0.25, -0.2) is 9.97 Å². The molecular weight excluding hydrogens is 342 g/mol. The topological polar surface area (TPSA) is 93.8 Å². The zero-order valence-corrected chi connectivity index (χ0v) is 15.1. The van der Waals surface area contributed by atoms with Crippen LogP contribution >= 0.6 is 0 Å². The van der Waals surface area contributed by atoms with Crippen molar-refractivity contribution in [1.29, 1.82) is 0 Å². The third-order valence-corrected chi connectivity index (χ3v) is 4.27. The lowest BCUT2D eigenvalue weighted by molar-refractivity contribution is 0.102. The van der Waals surface area contributed by atoms with Crippen molar-refractivity contribution >= 4 is 22.6 Å². The Hall–Kier alpha value is -3.61. The highest BCUT2D eigenvalue weighted by Crippen LogP contribution is 2.27. The molecule has 0 saturated heterocycles. The van der Waals surface area contributed by atoms with Crippen molar-refractivity contribution in [3.05, 3.63) is 65.3 Å². The fraction of sp³-hybridized carbons (Fsp3) is 0.150. The van der Waals surface area contributed by atoms with Crippen LogP contribution in [0.4, 0.5) is 5.69 Å². The fourth-order valence-corrected chi connectivity index (χ4v) is 2.75. The Labute approximate surface area is 155 Å². The summed E-state index contributed by atoms with van der Waals surface area (Å²) in [6, 6.07) is 12.6. The lowest BCUT2D eigenvalue weighted by Crippen LogP contribution is -2.13. The average Bonchev–Trinajstić information content (AvgIpc) is 3.09. The number of fused-ring (bicyclic) bond motifs is 1. The van der Waals surface area contributed by atoms with Crippen LogP contribution in [0.1, 0.15) is 27.6 Å². The predicted octanol–water partition coefficient (Wildman–Crippen LogP) is 3.86. The van der Waals surface area contributed by atoms with E-state index in [1.165, 1.54) is 0 Å². The minimum Gasteiger partial charge on any atom is -0.421 e. The molecular formula is C20H17N5O2. The second-order valence-electron chi connectivity index (χ2n) is 6.22. The van der Waals surface area contributed by atoms with Gasteiger partial charge < -0.3 is 9.73 Å². The van der Waals surface area contributed by atoms with Gasteiger partial charge in [-0.15, -0.1) is 10.2 Å². The van der Waals surface area contributed by atoms with Crippen LogP contribution in [0.5, 0.6) is 0 Å². The van der Waals surface area contributed by atoms with Gasteiger partial charge in [0.25, 0.3) is 5.91 Å². The second-order valence-corrected chi connectivity index (χ2v) is 6.22. The number of anilines is 1. The van der Waals surface area contributed by atoms with E-state index in [0.717, 1.165) is 16.9 Å². The summed E-state index contributed by atoms with van der Waals surface area (Å²) in [5, 5.41) is 10.8. The van der Waals surface area contributed by atoms with E-state index in [1.807, 2.05) is 32.0 Å². The Bertz CT molecular complexity index is 1170. The molecule has 2 aromatic carbocycles. The maximum Gasteiger partial charge on any atom is 0.255 e. The first-order valence-electron chi connectivity index (χ1n) is 8.47. The number of hydrogen-bond donors (Lipinski definition) is 1. The summed E-state index contributed by atoms with van der Waals surface area (Å²) >= 11 is 0. The van der Waals surface area contributed by atoms with Crippen LogP contribution in [0, 0.1) is 20.8 Å². The quantitative estimate of drug-likeness (QED) is 0.597. The van der Waals surface area contributed by atoms with Crippen LogP contribution in [0.2, 0.25) is 0 Å². The molecule has 0 fully saturated rings. The van der Waals surface area contributed by atoms with E-state index >= 15 is 0 Å². The van der Waals surface area contributed by atoms with E-state index in [-0.39, 0.29) is 5.91 Å². The first-order chi connectivity index (χ1) is 13.0. The normalized spacial score (nSPS) is 10.9. The molecule has 7 nitrogen and oxygen atoms in total. The Morgan fingerprint density at radius 2 is 1.67 bits per heavy atom. The van der Waals surface area contributed by atoms with Gasteiger partial charge in [0.05, 0.1) is 33.7 Å². The lowest BCUT2D eigenvalue weighted by atomic mass is 10.1. The van der Waals surface area contributed by atoms with Gasteiger partial charge in [0.15, 0.2) is 0 Å². The Kier molecular flexibility index (Phi) is 4.12. The fourth-order valence-electron chi connectivity index (χ4n) is 2.75. The van der Waals surface area contributed by atoms with Gasteiger partial charge in [0.2, 0.25) is 11.8 Å². The van der Waals surface area contributed by atoms with Crippen LogP contribution in [0.15, 0.2) is 46.9 Å². The second kappa shape index (κ2) is 6.60. The van der Waals surface area contributed by atoms with Gasteiger partial charge in [-0.2, -0.15) is 0 Å². The maximum absolute atomic E-state index is 12.8. The van der Waals surface area contributed by atoms with Gasteiger partial charge in [-0.1, -0.05) is 12.1 Å². The van der Waals surface area contributed by atoms with Crippen molar-refractivity contribution in [1.82, 2.24) is 20.2 Å². The standard InChI is InChI=1S/C20H17N5O2/c1-11-12(2)22-18-10-14(8-9-17(18)21-11)19(26)23-16-7-5-4-6-15(16)20-25-24-13(3)27-20/h4-10H,1-3H3,(H,23,26). The monoisotopic (exact) mass is 359 g/mol. The molecule has 0 aliphatic rings. The van der Waals surface area contributed by atoms with Gasteiger partial charge in [0.1, 0.15) is 0 Å². The van der Waals surface area contributed by atoms with Gasteiger partial charge in [0, 0.05) is 12.5 Å². The maximum atomic E-state index is 12.8. The number of aromatic nitrogens is 4. The average molecular weight is 359 g/mol. The van der Waals surface area contributed by atoms with E-state index in [0.29, 0.717) is 34.1 Å². The van der Waals surface area contributed by atoms with Gasteiger partial charge in [-0.05, 0) is 44.2 Å². The molecule has 7 heteroatoms. The van der Waals surface area contributed by atoms with E-state index in [9.17, 15) is 4.79 Å². The summed E-state index contributed by atoms with van der Waals surface area (Å²) < 4.78 is 5.49. The number of benzene rings is 2. The Morgan fingerprint density at radius 3 is 2.41 bits per heavy atom. The molecule has 27 heavy (non-hydrogen) atoms. The van der Waals surface area contributed by atoms with Crippen molar-refractivity contribution < 1.29 is 9.21 Å². The molecule has 134 valence electrons. The predicted molar refractivity (Wildman–Crippen MR) is 101 cm³/mol. The summed E-state index contributed by atoms with van der Waals surface area (Å²) in [4.78, 5) is 21.8. The molecule has 2 aromatic heterocycles. The van der Waals surface area contributed by atoms with E-state index < -0.39 is 0 Å². The Morgan fingerprint density at radius 1 is 0.926 bits per heavy atom. The smallest absolute Gasteiger partial charge is 0.255 e. The molecule has 0 aliphatic heterocycles. The minimum absolute atomic E-state index is 0.249. The van der Waals surface area contributed by atoms with Crippen LogP contribution in [-0.4, -0.2) is 26.1 Å². The summed E-state index contributed by atoms with van der Waals surface area (Å²) in [7, 11) is 0. The summed E-state index contributed by atoms with van der Waals surface area (Å²) in [5.41, 5.74) is 4.93. The molecule has 0 bridgehead atoms. The van der Waals surface area contributed by atoms with Crippen molar-refractivity contribution in [2.75, 3.05) is 5.32 Å². The molecule has 4 rings (SSSR count). The molecule has 2 heterocycles. The van der Waals surface area contributed by atoms with E-state index in [2.05, 4.69) is 25.5 Å². The number of carbonyl (C=O) groups excluding carboxylic acids is 1. The summed E-state index contributed by atoms with van der Waals surface area (Å²) in [6.45, 7) is 5.53. The third kappa shape index (κ3) is 3.27. The lowest BCUT2D eigenvalue weighted by Gasteiger charge is -2.09. The number of amides is 1. The van der Waals surface area contributed by atoms with Crippen LogP contribution < -0.4 is 5.32 Å². The van der Waals surface area contributed by atoms with Crippen LogP contribution in [0.25, 0.3) is 22.5 Å². The van der Waals surface area contributed by atoms with E-state index in [1.54, 1.807) is 31.2 Å². The zero-order valence-electron chi connectivity index (χ0n) is 15.1. The highest BCUT2D eigenvalue weighted by atomic mass is 16.4. The highest BCUT2D eigenvalue weighted by Gasteiger charge is 2.15. The first-order valence-corrected chi connectivity index (χ1v) is 8.47. The van der Waals surface area contributed by atoms with Crippen molar-refractivity contribution in [3.8, 4) is 11.5 Å². The molecule has 0 atom stereocenters. The van der Waals surface area contributed by atoms with Crippen LogP contribution in [0.3, 0.4) is 0 Å². The molecule has 0 unspecified atom stereocenters. The number of nitrogens with zero attached hydrogens (tertiary/aromatic N) is 4. The molecule has 4 aromatic rings. The number of carbonyl (C=O) groups is 1. The SMILES string of the molecule is Cc1nnc(-c2ccccc2NC(=O)c2ccc3nc(C)c(C)nc3c2)o1. The minimum atomic E-state index is -0.249. The first kappa shape index (κ1) is 16.8.